The molecule has 2 aliphatic carbocycles. The largest absolute Gasteiger partial charge is 0.361 e. The number of amides is 6. The Balaban J connectivity index is 0.000000239. The molecule has 5 rings (SSSR count). The van der Waals surface area contributed by atoms with Gasteiger partial charge in [-0.05, 0) is 69.1 Å². The lowest BCUT2D eigenvalue weighted by molar-refractivity contribution is -0.138. The maximum Gasteiger partial charge on any atom is 0.253 e. The molecule has 0 spiro atoms. The van der Waals surface area contributed by atoms with E-state index in [1.54, 1.807) is 12.1 Å². The lowest BCUT2D eigenvalue weighted by Gasteiger charge is -2.15. The SMILES string of the molecule is O=C(COC1C#CCCCCC1)NCCCN1C(=O)C=CC1=O.O=C(NCCCN1C(=O)C=CC1=O)c1ccc(COC2C#CCCCCC2)cc1. The molecule has 276 valence electrons. The molecule has 0 saturated heterocycles. The van der Waals surface area contributed by atoms with E-state index in [4.69, 9.17) is 9.47 Å². The molecule has 52 heavy (non-hydrogen) atoms. The highest BCUT2D eigenvalue weighted by Crippen LogP contribution is 2.14. The van der Waals surface area contributed by atoms with Crippen LogP contribution in [0, 0.1) is 23.7 Å². The van der Waals surface area contributed by atoms with Gasteiger partial charge in [0, 0.05) is 68.9 Å². The molecule has 2 aliphatic heterocycles. The van der Waals surface area contributed by atoms with E-state index in [0.717, 1.165) is 61.8 Å². The van der Waals surface area contributed by atoms with Crippen molar-refractivity contribution >= 4 is 35.4 Å². The predicted octanol–water partition coefficient (Wildman–Crippen LogP) is 3.35. The van der Waals surface area contributed by atoms with Crippen molar-refractivity contribution in [2.45, 2.75) is 95.9 Å². The quantitative estimate of drug-likeness (QED) is 0.160. The van der Waals surface area contributed by atoms with Crippen molar-refractivity contribution in [3.63, 3.8) is 0 Å². The normalized spacial score (nSPS) is 19.6. The van der Waals surface area contributed by atoms with Crippen molar-refractivity contribution in [2.24, 2.45) is 0 Å². The van der Waals surface area contributed by atoms with Crippen LogP contribution in [0.3, 0.4) is 0 Å². The van der Waals surface area contributed by atoms with Crippen LogP contribution in [-0.4, -0.2) is 90.2 Å². The molecule has 0 radical (unpaired) electrons. The molecule has 0 saturated carbocycles. The minimum Gasteiger partial charge on any atom is -0.361 e. The van der Waals surface area contributed by atoms with Gasteiger partial charge < -0.3 is 20.1 Å². The molecule has 6 amide bonds. The zero-order valence-corrected chi connectivity index (χ0v) is 29.7. The molecule has 1 aromatic rings. The van der Waals surface area contributed by atoms with Gasteiger partial charge in [0.05, 0.1) is 6.61 Å². The summed E-state index contributed by atoms with van der Waals surface area (Å²) in [6.07, 6.45) is 16.5. The highest BCUT2D eigenvalue weighted by molar-refractivity contribution is 6.13. The number of hydrogen-bond acceptors (Lipinski definition) is 8. The van der Waals surface area contributed by atoms with Crippen LogP contribution in [0.15, 0.2) is 48.6 Å². The third-order valence-electron chi connectivity index (χ3n) is 8.67. The summed E-state index contributed by atoms with van der Waals surface area (Å²) in [4.78, 5) is 71.9. The van der Waals surface area contributed by atoms with Gasteiger partial charge in [0.2, 0.25) is 5.91 Å². The van der Waals surface area contributed by atoms with Crippen molar-refractivity contribution < 1.29 is 38.2 Å². The number of ether oxygens (including phenoxy) is 2. The van der Waals surface area contributed by atoms with Gasteiger partial charge in [-0.3, -0.25) is 38.6 Å². The van der Waals surface area contributed by atoms with Gasteiger partial charge in [-0.15, -0.1) is 11.8 Å². The molecular formula is C40H48N4O8. The molecular weight excluding hydrogens is 664 g/mol. The van der Waals surface area contributed by atoms with Gasteiger partial charge in [0.1, 0.15) is 18.8 Å². The smallest absolute Gasteiger partial charge is 0.253 e. The van der Waals surface area contributed by atoms with E-state index in [-0.39, 0.29) is 54.3 Å². The summed E-state index contributed by atoms with van der Waals surface area (Å²) in [7, 11) is 0. The van der Waals surface area contributed by atoms with Crippen LogP contribution < -0.4 is 10.6 Å². The van der Waals surface area contributed by atoms with E-state index >= 15 is 0 Å². The zero-order valence-electron chi connectivity index (χ0n) is 29.7. The summed E-state index contributed by atoms with van der Waals surface area (Å²) < 4.78 is 11.4. The van der Waals surface area contributed by atoms with E-state index in [9.17, 15) is 28.8 Å². The van der Waals surface area contributed by atoms with Gasteiger partial charge >= 0.3 is 0 Å². The predicted molar refractivity (Wildman–Crippen MR) is 193 cm³/mol. The van der Waals surface area contributed by atoms with Crippen molar-refractivity contribution in [2.75, 3.05) is 32.8 Å². The maximum absolute atomic E-state index is 12.2. The highest BCUT2D eigenvalue weighted by Gasteiger charge is 2.23. The van der Waals surface area contributed by atoms with E-state index < -0.39 is 0 Å². The number of carbonyl (C=O) groups excluding carboxylic acids is 6. The van der Waals surface area contributed by atoms with Crippen LogP contribution >= 0.6 is 0 Å². The first-order valence-electron chi connectivity index (χ1n) is 18.2. The van der Waals surface area contributed by atoms with Gasteiger partial charge in [-0.2, -0.15) is 0 Å². The first-order valence-corrected chi connectivity index (χ1v) is 18.2. The van der Waals surface area contributed by atoms with E-state index in [0.29, 0.717) is 51.2 Å². The van der Waals surface area contributed by atoms with Crippen LogP contribution in [0.1, 0.15) is 93.0 Å². The zero-order chi connectivity index (χ0) is 37.0. The number of nitrogens with one attached hydrogen (secondary N) is 2. The lowest BCUT2D eigenvalue weighted by Crippen LogP contribution is -2.35. The van der Waals surface area contributed by atoms with Gasteiger partial charge in [-0.1, -0.05) is 36.8 Å². The molecule has 0 bridgehead atoms. The van der Waals surface area contributed by atoms with Crippen LogP contribution in [0.4, 0.5) is 0 Å². The molecule has 1 aromatic carbocycles. The molecule has 2 N–H and O–H groups in total. The van der Waals surface area contributed by atoms with Crippen LogP contribution in [-0.2, 0) is 40.1 Å². The Labute approximate surface area is 305 Å². The second-order valence-electron chi connectivity index (χ2n) is 12.8. The van der Waals surface area contributed by atoms with Crippen LogP contribution in [0.25, 0.3) is 0 Å². The first-order chi connectivity index (χ1) is 25.3. The van der Waals surface area contributed by atoms with Crippen molar-refractivity contribution in [3.8, 4) is 23.7 Å². The average Bonchev–Trinajstić information content (AvgIpc) is 3.61. The molecule has 2 atom stereocenters. The number of carbonyl (C=O) groups is 6. The van der Waals surface area contributed by atoms with Crippen molar-refractivity contribution in [1.29, 1.82) is 0 Å². The third kappa shape index (κ3) is 13.9. The summed E-state index contributed by atoms with van der Waals surface area (Å²) in [5.41, 5.74) is 1.57. The first kappa shape index (κ1) is 39.7. The summed E-state index contributed by atoms with van der Waals surface area (Å²) in [5, 5.41) is 5.53. The second kappa shape index (κ2) is 22.0. The Hall–Kier alpha value is -5.04. The van der Waals surface area contributed by atoms with Crippen molar-refractivity contribution in [3.05, 3.63) is 59.7 Å². The fourth-order valence-corrected chi connectivity index (χ4v) is 5.69. The summed E-state index contributed by atoms with van der Waals surface area (Å²) >= 11 is 0. The maximum atomic E-state index is 12.2. The summed E-state index contributed by atoms with van der Waals surface area (Å²) in [5.74, 6) is 10.9. The minimum absolute atomic E-state index is 0.0113. The second-order valence-corrected chi connectivity index (χ2v) is 12.8. The van der Waals surface area contributed by atoms with E-state index in [1.165, 1.54) is 42.0 Å². The number of hydrogen-bond donors (Lipinski definition) is 2. The fraction of sp³-hybridized carbons (Fsp3) is 0.500. The Morgan fingerprint density at radius 3 is 1.69 bits per heavy atom. The standard InChI is InChI=1S/C23H26N2O4.C17H22N2O4/c26-21-13-14-22(27)25(21)16-6-15-24-23(28)19-11-9-18(10-12-19)17-29-20-7-4-2-1-3-5-8-20;20-15(13-23-14-7-4-2-1-3-5-8-14)18-11-6-12-19-16(21)9-10-17(19)22/h9-14,20H,1-4,6-7,15-17H2,(H,24,28);9-10,14H,1-4,6-7,11-13H2,(H,18,20). The average molecular weight is 713 g/mol. The van der Waals surface area contributed by atoms with Crippen LogP contribution in [0.2, 0.25) is 0 Å². The highest BCUT2D eigenvalue weighted by atomic mass is 16.5. The molecule has 0 fully saturated rings. The number of imide groups is 2. The molecule has 12 nitrogen and oxygen atoms in total. The lowest BCUT2D eigenvalue weighted by atomic mass is 10.1. The molecule has 2 heterocycles. The van der Waals surface area contributed by atoms with Gasteiger partial charge in [0.25, 0.3) is 29.5 Å². The van der Waals surface area contributed by atoms with Gasteiger partial charge in [0.15, 0.2) is 0 Å². The number of nitrogens with zero attached hydrogens (tertiary/aromatic N) is 2. The van der Waals surface area contributed by atoms with E-state index in [1.807, 2.05) is 12.1 Å². The topological polar surface area (TPSA) is 151 Å². The molecule has 0 aromatic heterocycles. The Morgan fingerprint density at radius 1 is 0.654 bits per heavy atom. The van der Waals surface area contributed by atoms with Gasteiger partial charge in [-0.25, -0.2) is 0 Å². The van der Waals surface area contributed by atoms with Crippen LogP contribution in [0.5, 0.6) is 0 Å². The minimum atomic E-state index is -0.301. The monoisotopic (exact) mass is 712 g/mol. The van der Waals surface area contributed by atoms with Crippen molar-refractivity contribution in [1.82, 2.24) is 20.4 Å². The number of benzene rings is 1. The fourth-order valence-electron chi connectivity index (χ4n) is 5.69. The summed E-state index contributed by atoms with van der Waals surface area (Å²) in [6, 6.07) is 7.32. The Bertz CT molecular complexity index is 1580. The third-order valence-corrected chi connectivity index (χ3v) is 8.67. The molecule has 2 unspecified atom stereocenters. The Kier molecular flexibility index (Phi) is 16.8. The van der Waals surface area contributed by atoms with E-state index in [2.05, 4.69) is 34.3 Å². The summed E-state index contributed by atoms with van der Waals surface area (Å²) in [6.45, 7) is 1.86. The molecule has 12 heteroatoms. The number of rotatable bonds is 15. The Morgan fingerprint density at radius 2 is 1.15 bits per heavy atom. The molecule has 4 aliphatic rings.